The topological polar surface area (TPSA) is 53.1 Å². The number of benzene rings is 1. The molecule has 1 aromatic carbocycles. The Morgan fingerprint density at radius 1 is 1.50 bits per heavy atom. The van der Waals surface area contributed by atoms with E-state index in [0.29, 0.717) is 6.04 Å². The van der Waals surface area contributed by atoms with E-state index in [2.05, 4.69) is 24.0 Å². The Kier molecular flexibility index (Phi) is 4.66. The van der Waals surface area contributed by atoms with Gasteiger partial charge in [-0.1, -0.05) is 30.3 Å². The van der Waals surface area contributed by atoms with Crippen LogP contribution in [0.25, 0.3) is 0 Å². The van der Waals surface area contributed by atoms with Crippen LogP contribution in [-0.2, 0) is 0 Å². The van der Waals surface area contributed by atoms with Crippen molar-refractivity contribution in [1.29, 1.82) is 5.41 Å². The minimum absolute atomic E-state index is 0.0248. The van der Waals surface area contributed by atoms with Gasteiger partial charge in [-0.25, -0.2) is 0 Å². The minimum Gasteiger partial charge on any atom is -0.387 e. The van der Waals surface area contributed by atoms with Gasteiger partial charge in [0.1, 0.15) is 0 Å². The summed E-state index contributed by atoms with van der Waals surface area (Å²) in [5.74, 6) is 2.66. The van der Waals surface area contributed by atoms with Crippen molar-refractivity contribution in [1.82, 2.24) is 4.90 Å². The molecule has 0 saturated carbocycles. The second kappa shape index (κ2) is 6.25. The van der Waals surface area contributed by atoms with E-state index >= 15 is 0 Å². The van der Waals surface area contributed by atoms with Crippen LogP contribution in [0.5, 0.6) is 0 Å². The van der Waals surface area contributed by atoms with E-state index < -0.39 is 0 Å². The molecule has 2 unspecified atom stereocenters. The Labute approximate surface area is 113 Å². The van der Waals surface area contributed by atoms with Crippen molar-refractivity contribution in [2.24, 2.45) is 5.73 Å². The average molecular weight is 263 g/mol. The van der Waals surface area contributed by atoms with Crippen molar-refractivity contribution in [3.05, 3.63) is 35.9 Å². The molecule has 0 radical (unpaired) electrons. The number of amidine groups is 1. The zero-order chi connectivity index (χ0) is 13.0. The lowest BCUT2D eigenvalue weighted by atomic mass is 9.97. The average Bonchev–Trinajstić information content (AvgIpc) is 2.38. The third-order valence-corrected chi connectivity index (χ3v) is 4.69. The predicted molar refractivity (Wildman–Crippen MR) is 79.5 cm³/mol. The summed E-state index contributed by atoms with van der Waals surface area (Å²) in [6.45, 7) is 4.22. The lowest BCUT2D eigenvalue weighted by molar-refractivity contribution is 0.230. The van der Waals surface area contributed by atoms with E-state index in [1.54, 1.807) is 0 Å². The first kappa shape index (κ1) is 13.4. The molecular formula is C14H21N3S. The molecule has 0 aromatic heterocycles. The summed E-state index contributed by atoms with van der Waals surface area (Å²) in [6.07, 6.45) is 0. The Hall–Kier alpha value is -1.00. The van der Waals surface area contributed by atoms with Crippen molar-refractivity contribution in [3.63, 3.8) is 0 Å². The fraction of sp³-hybridized carbons (Fsp3) is 0.500. The van der Waals surface area contributed by atoms with Crippen molar-refractivity contribution < 1.29 is 0 Å². The molecule has 1 saturated heterocycles. The minimum atomic E-state index is 0.0248. The Bertz CT molecular complexity index is 393. The van der Waals surface area contributed by atoms with Crippen molar-refractivity contribution in [2.45, 2.75) is 18.9 Å². The van der Waals surface area contributed by atoms with Crippen LogP contribution in [-0.4, -0.2) is 41.4 Å². The van der Waals surface area contributed by atoms with Gasteiger partial charge in [0.05, 0.1) is 11.8 Å². The number of nitrogens with two attached hydrogens (primary N) is 1. The van der Waals surface area contributed by atoms with Gasteiger partial charge in [-0.3, -0.25) is 10.3 Å². The largest absolute Gasteiger partial charge is 0.387 e. The van der Waals surface area contributed by atoms with Crippen LogP contribution in [0.3, 0.4) is 0 Å². The quantitative estimate of drug-likeness (QED) is 0.646. The van der Waals surface area contributed by atoms with E-state index in [0.717, 1.165) is 18.7 Å². The fourth-order valence-electron chi connectivity index (χ4n) is 2.34. The first-order valence-electron chi connectivity index (χ1n) is 6.39. The summed E-state index contributed by atoms with van der Waals surface area (Å²) in [5.41, 5.74) is 6.93. The highest BCUT2D eigenvalue weighted by Gasteiger charge is 2.24. The maximum atomic E-state index is 7.82. The van der Waals surface area contributed by atoms with E-state index in [4.69, 9.17) is 11.1 Å². The van der Waals surface area contributed by atoms with Gasteiger partial charge in [0.2, 0.25) is 0 Å². The van der Waals surface area contributed by atoms with Crippen LogP contribution in [0.2, 0.25) is 0 Å². The molecule has 0 aliphatic carbocycles. The molecule has 1 aliphatic rings. The Morgan fingerprint density at radius 3 is 2.83 bits per heavy atom. The van der Waals surface area contributed by atoms with Crippen molar-refractivity contribution in [3.8, 4) is 0 Å². The number of thioether (sulfide) groups is 1. The molecule has 4 heteroatoms. The van der Waals surface area contributed by atoms with Crippen LogP contribution in [0.1, 0.15) is 18.4 Å². The normalized spacial score (nSPS) is 22.6. The second-order valence-corrected chi connectivity index (χ2v) is 5.99. The maximum Gasteiger partial charge on any atom is 0.0995 e. The lowest BCUT2D eigenvalue weighted by Gasteiger charge is -2.35. The van der Waals surface area contributed by atoms with Gasteiger partial charge in [0.25, 0.3) is 0 Å². The van der Waals surface area contributed by atoms with Crippen LogP contribution in [0.4, 0.5) is 0 Å². The molecule has 3 nitrogen and oxygen atoms in total. The number of rotatable bonds is 4. The zero-order valence-corrected chi connectivity index (χ0v) is 11.6. The van der Waals surface area contributed by atoms with Crippen molar-refractivity contribution >= 4 is 17.6 Å². The van der Waals surface area contributed by atoms with Gasteiger partial charge in [-0.05, 0) is 12.5 Å². The van der Waals surface area contributed by atoms with Gasteiger partial charge >= 0.3 is 0 Å². The van der Waals surface area contributed by atoms with Gasteiger partial charge < -0.3 is 5.73 Å². The highest BCUT2D eigenvalue weighted by Crippen LogP contribution is 2.22. The fourth-order valence-corrected chi connectivity index (χ4v) is 3.42. The van der Waals surface area contributed by atoms with Gasteiger partial charge in [0, 0.05) is 30.6 Å². The third kappa shape index (κ3) is 3.27. The summed E-state index contributed by atoms with van der Waals surface area (Å²) in [4.78, 5) is 2.45. The summed E-state index contributed by atoms with van der Waals surface area (Å²) in [5, 5.41) is 7.82. The van der Waals surface area contributed by atoms with Crippen LogP contribution in [0.15, 0.2) is 30.3 Å². The lowest BCUT2D eigenvalue weighted by Crippen LogP contribution is -2.44. The van der Waals surface area contributed by atoms with Crippen LogP contribution in [0, 0.1) is 5.41 Å². The molecule has 0 amide bonds. The SMILES string of the molecule is CC1CSCCN1CC(C(=N)N)c1ccccc1. The number of hydrogen-bond acceptors (Lipinski definition) is 3. The summed E-state index contributed by atoms with van der Waals surface area (Å²) in [7, 11) is 0. The smallest absolute Gasteiger partial charge is 0.0995 e. The summed E-state index contributed by atoms with van der Waals surface area (Å²) in [6, 6.07) is 10.7. The van der Waals surface area contributed by atoms with Gasteiger partial charge in [0.15, 0.2) is 0 Å². The standard InChI is InChI=1S/C14H21N3S/c1-11-10-18-8-7-17(11)9-13(14(15)16)12-5-3-2-4-6-12/h2-6,11,13H,7-10H2,1H3,(H3,15,16). The number of nitrogens with one attached hydrogen (secondary N) is 1. The van der Waals surface area contributed by atoms with Crippen molar-refractivity contribution in [2.75, 3.05) is 24.6 Å². The van der Waals surface area contributed by atoms with E-state index in [1.165, 1.54) is 11.5 Å². The van der Waals surface area contributed by atoms with E-state index in [1.807, 2.05) is 30.0 Å². The number of nitrogens with zero attached hydrogens (tertiary/aromatic N) is 1. The highest BCUT2D eigenvalue weighted by molar-refractivity contribution is 7.99. The zero-order valence-electron chi connectivity index (χ0n) is 10.8. The van der Waals surface area contributed by atoms with E-state index in [-0.39, 0.29) is 11.8 Å². The first-order valence-corrected chi connectivity index (χ1v) is 7.54. The molecular weight excluding hydrogens is 242 g/mol. The Balaban J connectivity index is 2.09. The molecule has 98 valence electrons. The molecule has 2 rings (SSSR count). The van der Waals surface area contributed by atoms with Gasteiger partial charge in [-0.2, -0.15) is 11.8 Å². The molecule has 1 heterocycles. The van der Waals surface area contributed by atoms with Crippen LogP contribution < -0.4 is 5.73 Å². The van der Waals surface area contributed by atoms with Gasteiger partial charge in [-0.15, -0.1) is 0 Å². The molecule has 1 fully saturated rings. The highest BCUT2D eigenvalue weighted by atomic mass is 32.2. The monoisotopic (exact) mass is 263 g/mol. The Morgan fingerprint density at radius 2 is 2.22 bits per heavy atom. The maximum absolute atomic E-state index is 7.82. The molecule has 3 N–H and O–H groups in total. The summed E-state index contributed by atoms with van der Waals surface area (Å²) >= 11 is 2.01. The molecule has 0 spiro atoms. The third-order valence-electron chi connectivity index (χ3n) is 3.50. The predicted octanol–water partition coefficient (Wildman–Crippen LogP) is 2.14. The molecule has 0 bridgehead atoms. The van der Waals surface area contributed by atoms with Crippen LogP contribution >= 0.6 is 11.8 Å². The first-order chi connectivity index (χ1) is 8.68. The van der Waals surface area contributed by atoms with E-state index in [9.17, 15) is 0 Å². The summed E-state index contributed by atoms with van der Waals surface area (Å²) < 4.78 is 0. The number of hydrogen-bond donors (Lipinski definition) is 2. The molecule has 2 atom stereocenters. The molecule has 18 heavy (non-hydrogen) atoms. The second-order valence-electron chi connectivity index (χ2n) is 4.84. The molecule has 1 aromatic rings. The molecule has 1 aliphatic heterocycles.